The molecule has 0 saturated heterocycles. The highest BCUT2D eigenvalue weighted by Gasteiger charge is 2.31. The summed E-state index contributed by atoms with van der Waals surface area (Å²) in [5, 5.41) is 11.3. The molecule has 0 aromatic heterocycles. The molecule has 1 atom stereocenters. The number of amides is 2. The van der Waals surface area contributed by atoms with Crippen molar-refractivity contribution in [3.63, 3.8) is 0 Å². The van der Waals surface area contributed by atoms with Gasteiger partial charge in [-0.1, -0.05) is 31.7 Å². The number of nitrogens with one attached hydrogen (secondary N) is 1. The van der Waals surface area contributed by atoms with Gasteiger partial charge in [0.1, 0.15) is 6.54 Å². The van der Waals surface area contributed by atoms with Crippen LogP contribution >= 0.6 is 0 Å². The van der Waals surface area contributed by atoms with Gasteiger partial charge in [-0.2, -0.15) is 0 Å². The number of carboxylic acids is 1. The number of benzene rings is 1. The second kappa shape index (κ2) is 6.43. The number of carbonyl (C=O) groups is 3. The Bertz CT molecular complexity index is 604. The summed E-state index contributed by atoms with van der Waals surface area (Å²) >= 11 is 0. The molecule has 0 aliphatic carbocycles. The zero-order valence-corrected chi connectivity index (χ0v) is 12.3. The summed E-state index contributed by atoms with van der Waals surface area (Å²) in [6, 6.07) is 7.08. The van der Waals surface area contributed by atoms with Gasteiger partial charge in [-0.25, -0.2) is 0 Å². The van der Waals surface area contributed by atoms with Gasteiger partial charge in [-0.15, -0.1) is 0 Å². The fourth-order valence-electron chi connectivity index (χ4n) is 2.36. The van der Waals surface area contributed by atoms with Gasteiger partial charge in [0.15, 0.2) is 0 Å². The number of rotatable bonds is 6. The molecule has 1 heterocycles. The van der Waals surface area contributed by atoms with Gasteiger partial charge in [-0.05, 0) is 12.0 Å². The molecule has 0 saturated carbocycles. The first-order valence-corrected chi connectivity index (χ1v) is 6.98. The minimum Gasteiger partial charge on any atom is -0.481 e. The Balaban J connectivity index is 1.92. The first-order valence-electron chi connectivity index (χ1n) is 6.98. The Kier molecular flexibility index (Phi) is 4.60. The second-order valence-corrected chi connectivity index (χ2v) is 5.39. The van der Waals surface area contributed by atoms with Crippen LogP contribution in [0, 0.1) is 5.92 Å². The van der Waals surface area contributed by atoms with E-state index < -0.39 is 5.97 Å². The lowest BCUT2D eigenvalue weighted by Gasteiger charge is -2.18. The van der Waals surface area contributed by atoms with E-state index in [-0.39, 0.29) is 37.2 Å². The molecular formula is C16H18N2O4. The van der Waals surface area contributed by atoms with E-state index in [1.54, 1.807) is 25.1 Å². The molecule has 6 nitrogen and oxygen atoms in total. The Morgan fingerprint density at radius 3 is 2.55 bits per heavy atom. The molecule has 1 unspecified atom stereocenters. The minimum atomic E-state index is -0.903. The number of hydrogen-bond donors (Lipinski definition) is 2. The number of aliphatic carboxylic acids is 1. The maximum absolute atomic E-state index is 12.2. The Hall–Kier alpha value is -2.63. The Labute approximate surface area is 128 Å². The van der Waals surface area contributed by atoms with E-state index in [4.69, 9.17) is 5.11 Å². The lowest BCUT2D eigenvalue weighted by Crippen LogP contribution is -2.38. The minimum absolute atomic E-state index is 0.0128. The molecule has 2 rings (SSSR count). The average Bonchev–Trinajstić information content (AvgIpc) is 2.70. The number of fused-ring (bicyclic) bond motifs is 1. The van der Waals surface area contributed by atoms with Crippen molar-refractivity contribution in [2.24, 2.45) is 5.92 Å². The third-order valence-electron chi connectivity index (χ3n) is 3.51. The van der Waals surface area contributed by atoms with E-state index in [9.17, 15) is 14.4 Å². The number of carboxylic acid groups (broad SMARTS) is 1. The molecule has 1 aliphatic rings. The molecule has 22 heavy (non-hydrogen) atoms. The van der Waals surface area contributed by atoms with Crippen molar-refractivity contribution < 1.29 is 19.5 Å². The Morgan fingerprint density at radius 2 is 1.95 bits per heavy atom. The first-order chi connectivity index (χ1) is 10.4. The van der Waals surface area contributed by atoms with E-state index in [0.29, 0.717) is 11.3 Å². The lowest BCUT2D eigenvalue weighted by molar-refractivity contribution is -0.138. The monoisotopic (exact) mass is 302 g/mol. The molecule has 1 aromatic carbocycles. The van der Waals surface area contributed by atoms with Crippen LogP contribution < -0.4 is 5.32 Å². The van der Waals surface area contributed by atoms with Crippen LogP contribution in [0.3, 0.4) is 0 Å². The van der Waals surface area contributed by atoms with Crippen LogP contribution in [0.2, 0.25) is 0 Å². The van der Waals surface area contributed by atoms with E-state index in [1.165, 1.54) is 4.90 Å². The number of carbonyl (C=O) groups excluding carboxylic acids is 2. The highest BCUT2D eigenvalue weighted by molar-refractivity contribution is 6.10. The van der Waals surface area contributed by atoms with E-state index in [0.717, 1.165) is 5.56 Å². The molecule has 0 radical (unpaired) electrons. The van der Waals surface area contributed by atoms with Gasteiger partial charge >= 0.3 is 5.97 Å². The zero-order valence-electron chi connectivity index (χ0n) is 12.3. The average molecular weight is 302 g/mol. The molecule has 1 aliphatic heterocycles. The summed E-state index contributed by atoms with van der Waals surface area (Å²) in [5.41, 5.74) is 1.79. The standard InChI is InChI=1S/C16H18N2O4/c1-10(7-15(20)21)8-17-14(19)9-18-11(2)12-5-3-4-6-13(12)16(18)22/h3-6,10H,2,7-9H2,1H3,(H,17,19)(H,20,21). The topological polar surface area (TPSA) is 86.7 Å². The van der Waals surface area contributed by atoms with Crippen LogP contribution in [0.4, 0.5) is 0 Å². The van der Waals surface area contributed by atoms with Crippen molar-refractivity contribution in [3.8, 4) is 0 Å². The maximum atomic E-state index is 12.2. The molecule has 0 bridgehead atoms. The van der Waals surface area contributed by atoms with Crippen molar-refractivity contribution in [1.29, 1.82) is 0 Å². The molecule has 116 valence electrons. The maximum Gasteiger partial charge on any atom is 0.303 e. The lowest BCUT2D eigenvalue weighted by atomic mass is 10.1. The van der Waals surface area contributed by atoms with Gasteiger partial charge < -0.3 is 10.4 Å². The highest BCUT2D eigenvalue weighted by atomic mass is 16.4. The second-order valence-electron chi connectivity index (χ2n) is 5.39. The van der Waals surface area contributed by atoms with Crippen LogP contribution in [-0.4, -0.2) is 40.9 Å². The zero-order chi connectivity index (χ0) is 16.3. The molecule has 0 spiro atoms. The summed E-state index contributed by atoms with van der Waals surface area (Å²) < 4.78 is 0. The van der Waals surface area contributed by atoms with Crippen LogP contribution in [0.1, 0.15) is 29.3 Å². The van der Waals surface area contributed by atoms with Crippen LogP contribution in [-0.2, 0) is 9.59 Å². The van der Waals surface area contributed by atoms with Crippen LogP contribution in [0.15, 0.2) is 30.8 Å². The van der Waals surface area contributed by atoms with Crippen molar-refractivity contribution in [3.05, 3.63) is 42.0 Å². The van der Waals surface area contributed by atoms with Gasteiger partial charge in [0, 0.05) is 29.8 Å². The normalized spacial score (nSPS) is 14.7. The summed E-state index contributed by atoms with van der Waals surface area (Å²) in [6.07, 6.45) is -0.0128. The number of nitrogens with zero attached hydrogens (tertiary/aromatic N) is 1. The molecule has 0 fully saturated rings. The quantitative estimate of drug-likeness (QED) is 0.830. The third-order valence-corrected chi connectivity index (χ3v) is 3.51. The third kappa shape index (κ3) is 3.33. The summed E-state index contributed by atoms with van der Waals surface area (Å²) in [6.45, 7) is 5.74. The van der Waals surface area contributed by atoms with Gasteiger partial charge in [0.05, 0.1) is 0 Å². The fraction of sp³-hybridized carbons (Fsp3) is 0.312. The summed E-state index contributed by atoms with van der Waals surface area (Å²) in [7, 11) is 0. The van der Waals surface area contributed by atoms with Gasteiger partial charge in [-0.3, -0.25) is 19.3 Å². The number of hydrogen-bond acceptors (Lipinski definition) is 3. The molecule has 6 heteroatoms. The van der Waals surface area contributed by atoms with Gasteiger partial charge in [0.25, 0.3) is 5.91 Å². The molecular weight excluding hydrogens is 284 g/mol. The van der Waals surface area contributed by atoms with Gasteiger partial charge in [0.2, 0.25) is 5.91 Å². The molecule has 2 amide bonds. The van der Waals surface area contributed by atoms with Crippen LogP contribution in [0.5, 0.6) is 0 Å². The van der Waals surface area contributed by atoms with E-state index >= 15 is 0 Å². The first kappa shape index (κ1) is 15.8. The molecule has 2 N–H and O–H groups in total. The van der Waals surface area contributed by atoms with Crippen molar-refractivity contribution in [2.45, 2.75) is 13.3 Å². The largest absolute Gasteiger partial charge is 0.481 e. The molecule has 1 aromatic rings. The highest BCUT2D eigenvalue weighted by Crippen LogP contribution is 2.30. The predicted octanol–water partition coefficient (Wildman–Crippen LogP) is 1.34. The summed E-state index contributed by atoms with van der Waals surface area (Å²) in [4.78, 5) is 36.1. The summed E-state index contributed by atoms with van der Waals surface area (Å²) in [5.74, 6) is -1.65. The van der Waals surface area contributed by atoms with Crippen LogP contribution in [0.25, 0.3) is 5.70 Å². The predicted molar refractivity (Wildman–Crippen MR) is 80.9 cm³/mol. The van der Waals surface area contributed by atoms with Crippen molar-refractivity contribution in [2.75, 3.05) is 13.1 Å². The van der Waals surface area contributed by atoms with Crippen molar-refractivity contribution >= 4 is 23.5 Å². The smallest absolute Gasteiger partial charge is 0.303 e. The van der Waals surface area contributed by atoms with Crippen molar-refractivity contribution in [1.82, 2.24) is 10.2 Å². The van der Waals surface area contributed by atoms with E-state index in [1.807, 2.05) is 6.07 Å². The fourth-order valence-corrected chi connectivity index (χ4v) is 2.36. The Morgan fingerprint density at radius 1 is 1.32 bits per heavy atom. The SMILES string of the molecule is C=C1c2ccccc2C(=O)N1CC(=O)NCC(C)CC(=O)O. The van der Waals surface area contributed by atoms with E-state index in [2.05, 4.69) is 11.9 Å².